The molecule has 0 aliphatic carbocycles. The van der Waals surface area contributed by atoms with Crippen molar-refractivity contribution in [1.29, 1.82) is 0 Å². The zero-order valence-corrected chi connectivity index (χ0v) is 17.0. The Morgan fingerprint density at radius 1 is 0.923 bits per heavy atom. The lowest BCUT2D eigenvalue weighted by atomic mass is 9.94. The first-order chi connectivity index (χ1) is 12.6. The summed E-state index contributed by atoms with van der Waals surface area (Å²) in [6, 6.07) is 3.25. The Morgan fingerprint density at radius 3 is 2.46 bits per heavy atom. The maximum atomic E-state index is 4.43. The van der Waals surface area contributed by atoms with Crippen LogP contribution in [0.25, 0.3) is 0 Å². The van der Waals surface area contributed by atoms with E-state index in [0.717, 1.165) is 31.5 Å². The molecule has 0 radical (unpaired) electrons. The molecule has 3 rings (SSSR count). The first kappa shape index (κ1) is 19.6. The third-order valence-corrected chi connectivity index (χ3v) is 6.19. The predicted molar refractivity (Wildman–Crippen MR) is 109 cm³/mol. The van der Waals surface area contributed by atoms with Crippen LogP contribution in [0.4, 0.5) is 5.95 Å². The second-order valence-corrected chi connectivity index (χ2v) is 8.46. The molecule has 2 atom stereocenters. The average Bonchev–Trinajstić information content (AvgIpc) is 3.03. The molecule has 0 saturated carbocycles. The fourth-order valence-electron chi connectivity index (χ4n) is 4.59. The van der Waals surface area contributed by atoms with E-state index in [1.165, 1.54) is 51.7 Å². The van der Waals surface area contributed by atoms with Gasteiger partial charge in [0.25, 0.3) is 0 Å². The van der Waals surface area contributed by atoms with Crippen LogP contribution in [-0.2, 0) is 0 Å². The van der Waals surface area contributed by atoms with Crippen molar-refractivity contribution >= 4 is 5.95 Å². The molecule has 2 saturated heterocycles. The normalized spacial score (nSPS) is 25.1. The lowest BCUT2D eigenvalue weighted by molar-refractivity contribution is 0.155. The van der Waals surface area contributed by atoms with E-state index < -0.39 is 0 Å². The molecule has 0 amide bonds. The van der Waals surface area contributed by atoms with Gasteiger partial charge in [0.2, 0.25) is 5.95 Å². The molecule has 2 fully saturated rings. The summed E-state index contributed by atoms with van der Waals surface area (Å²) in [7, 11) is 0. The second kappa shape index (κ2) is 9.65. The van der Waals surface area contributed by atoms with Crippen molar-refractivity contribution in [3.8, 4) is 0 Å². The van der Waals surface area contributed by atoms with Crippen molar-refractivity contribution in [2.75, 3.05) is 44.2 Å². The first-order valence-corrected chi connectivity index (χ1v) is 10.6. The third-order valence-electron chi connectivity index (χ3n) is 6.19. The third kappa shape index (κ3) is 5.40. The van der Waals surface area contributed by atoms with E-state index >= 15 is 0 Å². The zero-order valence-electron chi connectivity index (χ0n) is 17.0. The highest BCUT2D eigenvalue weighted by atomic mass is 15.3. The van der Waals surface area contributed by atoms with Gasteiger partial charge in [0, 0.05) is 57.2 Å². The lowest BCUT2D eigenvalue weighted by Gasteiger charge is -2.33. The maximum absolute atomic E-state index is 4.43. The first-order valence-electron chi connectivity index (χ1n) is 10.6. The van der Waals surface area contributed by atoms with E-state index in [9.17, 15) is 0 Å². The van der Waals surface area contributed by atoms with Crippen molar-refractivity contribution in [1.82, 2.24) is 19.8 Å². The average molecular weight is 360 g/mol. The highest BCUT2D eigenvalue weighted by Crippen LogP contribution is 2.24. The number of hydrogen-bond donors (Lipinski definition) is 0. The Bertz CT molecular complexity index is 520. The minimum Gasteiger partial charge on any atom is -0.339 e. The topological polar surface area (TPSA) is 35.5 Å². The van der Waals surface area contributed by atoms with Crippen LogP contribution >= 0.6 is 0 Å². The maximum Gasteiger partial charge on any atom is 0.225 e. The molecule has 5 heteroatoms. The molecule has 146 valence electrons. The molecule has 0 bridgehead atoms. The summed E-state index contributed by atoms with van der Waals surface area (Å²) in [5.74, 6) is 1.74. The molecule has 2 aliphatic rings. The Hall–Kier alpha value is -1.20. The van der Waals surface area contributed by atoms with Crippen molar-refractivity contribution in [2.24, 2.45) is 5.92 Å². The molecule has 0 N–H and O–H groups in total. The highest BCUT2D eigenvalue weighted by Gasteiger charge is 2.25. The van der Waals surface area contributed by atoms with Crippen LogP contribution in [0.2, 0.25) is 0 Å². The van der Waals surface area contributed by atoms with Gasteiger partial charge < -0.3 is 9.80 Å². The van der Waals surface area contributed by atoms with Gasteiger partial charge in [0.1, 0.15) is 0 Å². The van der Waals surface area contributed by atoms with E-state index in [2.05, 4.69) is 45.4 Å². The van der Waals surface area contributed by atoms with Gasteiger partial charge in [-0.2, -0.15) is 0 Å². The largest absolute Gasteiger partial charge is 0.339 e. The van der Waals surface area contributed by atoms with Crippen LogP contribution in [0.15, 0.2) is 18.5 Å². The Morgan fingerprint density at radius 2 is 1.69 bits per heavy atom. The van der Waals surface area contributed by atoms with Crippen LogP contribution in [0.3, 0.4) is 0 Å². The van der Waals surface area contributed by atoms with Gasteiger partial charge in [-0.25, -0.2) is 9.97 Å². The summed E-state index contributed by atoms with van der Waals surface area (Å²) in [5, 5.41) is 0. The summed E-state index contributed by atoms with van der Waals surface area (Å²) in [5.41, 5.74) is 0. The van der Waals surface area contributed by atoms with E-state index in [1.54, 1.807) is 0 Å². The van der Waals surface area contributed by atoms with Gasteiger partial charge in [-0.3, -0.25) is 4.90 Å². The molecule has 5 nitrogen and oxygen atoms in total. The second-order valence-electron chi connectivity index (χ2n) is 8.46. The number of nitrogens with zero attached hydrogens (tertiary/aromatic N) is 5. The van der Waals surface area contributed by atoms with Gasteiger partial charge in [0.15, 0.2) is 0 Å². The number of hydrogen-bond acceptors (Lipinski definition) is 5. The summed E-state index contributed by atoms with van der Waals surface area (Å²) in [4.78, 5) is 16.6. The van der Waals surface area contributed by atoms with Gasteiger partial charge in [0.05, 0.1) is 0 Å². The SMILES string of the molecule is CC(C)N1CCCCC(CC(C)N2CCCN(c3ncccn3)CC2)C1. The van der Waals surface area contributed by atoms with Crippen molar-refractivity contribution in [3.63, 3.8) is 0 Å². The molecule has 2 aliphatic heterocycles. The van der Waals surface area contributed by atoms with Crippen molar-refractivity contribution < 1.29 is 0 Å². The lowest BCUT2D eigenvalue weighted by Crippen LogP contribution is -2.40. The van der Waals surface area contributed by atoms with Gasteiger partial charge in [-0.05, 0) is 65.0 Å². The standard InChI is InChI=1S/C21H37N5/c1-18(2)26-11-5-4-8-20(17-26)16-19(3)24-12-7-13-25(15-14-24)21-22-9-6-10-23-21/h6,9-10,18-20H,4-5,7-8,11-17H2,1-3H3. The molecular formula is C21H37N5. The fourth-order valence-corrected chi connectivity index (χ4v) is 4.59. The van der Waals surface area contributed by atoms with Gasteiger partial charge >= 0.3 is 0 Å². The van der Waals surface area contributed by atoms with E-state index in [1.807, 2.05) is 18.5 Å². The predicted octanol–water partition coefficient (Wildman–Crippen LogP) is 3.28. The zero-order chi connectivity index (χ0) is 18.4. The number of rotatable bonds is 5. The smallest absolute Gasteiger partial charge is 0.225 e. The van der Waals surface area contributed by atoms with Gasteiger partial charge in [-0.15, -0.1) is 0 Å². The van der Waals surface area contributed by atoms with E-state index in [0.29, 0.717) is 12.1 Å². The molecular weight excluding hydrogens is 322 g/mol. The summed E-state index contributed by atoms with van der Waals surface area (Å²) < 4.78 is 0. The van der Waals surface area contributed by atoms with Crippen molar-refractivity contribution in [3.05, 3.63) is 18.5 Å². The van der Waals surface area contributed by atoms with Crippen LogP contribution < -0.4 is 4.90 Å². The summed E-state index contributed by atoms with van der Waals surface area (Å²) in [6.07, 6.45) is 10.4. The fraction of sp³-hybridized carbons (Fsp3) is 0.810. The minimum atomic E-state index is 0.670. The minimum absolute atomic E-state index is 0.670. The summed E-state index contributed by atoms with van der Waals surface area (Å²) >= 11 is 0. The van der Waals surface area contributed by atoms with E-state index in [-0.39, 0.29) is 0 Å². The molecule has 1 aromatic rings. The molecule has 1 aromatic heterocycles. The Labute approximate surface area is 159 Å². The molecule has 26 heavy (non-hydrogen) atoms. The molecule has 0 aromatic carbocycles. The molecule has 3 heterocycles. The Kier molecular flexibility index (Phi) is 7.26. The molecule has 2 unspecified atom stereocenters. The van der Waals surface area contributed by atoms with Crippen LogP contribution in [0.5, 0.6) is 0 Å². The highest BCUT2D eigenvalue weighted by molar-refractivity contribution is 5.28. The molecule has 0 spiro atoms. The van der Waals surface area contributed by atoms with E-state index in [4.69, 9.17) is 0 Å². The van der Waals surface area contributed by atoms with Crippen LogP contribution in [-0.4, -0.2) is 71.1 Å². The van der Waals surface area contributed by atoms with Crippen molar-refractivity contribution in [2.45, 2.75) is 65.0 Å². The van der Waals surface area contributed by atoms with Crippen LogP contribution in [0, 0.1) is 5.92 Å². The number of likely N-dealkylation sites (tertiary alicyclic amines) is 1. The monoisotopic (exact) mass is 359 g/mol. The van der Waals surface area contributed by atoms with Gasteiger partial charge in [-0.1, -0.05) is 6.42 Å². The number of aromatic nitrogens is 2. The quantitative estimate of drug-likeness (QED) is 0.806. The Balaban J connectivity index is 1.52. The number of anilines is 1. The summed E-state index contributed by atoms with van der Waals surface area (Å²) in [6.45, 7) is 14.2. The van der Waals surface area contributed by atoms with Crippen LogP contribution in [0.1, 0.15) is 52.9 Å².